The summed E-state index contributed by atoms with van der Waals surface area (Å²) in [6.45, 7) is 7.17. The molecule has 1 fully saturated rings. The van der Waals surface area contributed by atoms with Gasteiger partial charge in [-0.3, -0.25) is 15.1 Å². The molecule has 1 aromatic heterocycles. The largest absolute Gasteiger partial charge is 0.497 e. The highest BCUT2D eigenvalue weighted by molar-refractivity contribution is 5.85. The van der Waals surface area contributed by atoms with Crippen LogP contribution < -0.4 is 10.1 Å². The van der Waals surface area contributed by atoms with E-state index in [9.17, 15) is 15.4 Å². The highest BCUT2D eigenvalue weighted by atomic mass is 16.6. The third-order valence-electron chi connectivity index (χ3n) is 6.98. The van der Waals surface area contributed by atoms with Crippen molar-refractivity contribution in [2.24, 2.45) is 0 Å². The van der Waals surface area contributed by atoms with Crippen molar-refractivity contribution in [3.05, 3.63) is 74.5 Å². The number of aromatic nitrogens is 1. The van der Waals surface area contributed by atoms with Gasteiger partial charge in [0.05, 0.1) is 23.1 Å². The third-order valence-corrected chi connectivity index (χ3v) is 6.98. The molecule has 182 valence electrons. The molecule has 8 heteroatoms. The molecule has 0 saturated carbocycles. The number of fused-ring (bicyclic) bond motifs is 1. The van der Waals surface area contributed by atoms with Crippen molar-refractivity contribution in [3.63, 3.8) is 0 Å². The van der Waals surface area contributed by atoms with Crippen LogP contribution in [0.1, 0.15) is 40.7 Å². The molecular formula is C27H31N5O3. The number of likely N-dealkylation sites (tertiary alicyclic amines) is 1. The first kappa shape index (κ1) is 24.6. The van der Waals surface area contributed by atoms with E-state index in [0.717, 1.165) is 77.8 Å². The zero-order valence-corrected chi connectivity index (χ0v) is 20.5. The number of nitrogens with zero attached hydrogens (tertiary/aromatic N) is 4. The molecule has 2 aromatic carbocycles. The number of ether oxygens (including phenoxy) is 1. The minimum Gasteiger partial charge on any atom is -0.497 e. The van der Waals surface area contributed by atoms with Gasteiger partial charge in [-0.2, -0.15) is 5.26 Å². The standard InChI is InChI=1S/C27H31N5O3/c1-18-12-20(19(2)27(13-18)32(33)34)16-29-22-6-9-31(10-7-22)11-8-24-21(15-28)17-30-26-5-4-23(35-3)14-25(24)26/h4-5,12-14,17,22,29H,6-11,16H2,1-3H3. The zero-order valence-electron chi connectivity index (χ0n) is 20.5. The number of hydrogen-bond acceptors (Lipinski definition) is 7. The van der Waals surface area contributed by atoms with E-state index >= 15 is 0 Å². The second-order valence-corrected chi connectivity index (χ2v) is 9.22. The Balaban J connectivity index is 1.35. The van der Waals surface area contributed by atoms with Gasteiger partial charge in [0.1, 0.15) is 11.8 Å². The molecule has 0 amide bonds. The normalized spacial score (nSPS) is 14.7. The Hall–Kier alpha value is -3.54. The molecule has 1 saturated heterocycles. The predicted octanol–water partition coefficient (Wildman–Crippen LogP) is 4.44. The van der Waals surface area contributed by atoms with Gasteiger partial charge in [-0.05, 0) is 81.1 Å². The van der Waals surface area contributed by atoms with Gasteiger partial charge >= 0.3 is 0 Å². The van der Waals surface area contributed by atoms with Crippen LogP contribution in [0.25, 0.3) is 10.9 Å². The lowest BCUT2D eigenvalue weighted by atomic mass is 9.99. The Morgan fingerprint density at radius 1 is 1.26 bits per heavy atom. The number of hydrogen-bond donors (Lipinski definition) is 1. The molecule has 1 aliphatic rings. The highest BCUT2D eigenvalue weighted by Crippen LogP contribution is 2.26. The minimum absolute atomic E-state index is 0.189. The number of nitro benzene ring substituents is 1. The number of pyridine rings is 1. The molecule has 1 N–H and O–H groups in total. The van der Waals surface area contributed by atoms with Crippen LogP contribution in [0.4, 0.5) is 5.69 Å². The predicted molar refractivity (Wildman–Crippen MR) is 136 cm³/mol. The number of aryl methyl sites for hydroxylation is 1. The van der Waals surface area contributed by atoms with E-state index in [2.05, 4.69) is 21.3 Å². The van der Waals surface area contributed by atoms with Gasteiger partial charge in [-0.25, -0.2) is 0 Å². The topological polar surface area (TPSA) is 104 Å². The maximum atomic E-state index is 11.3. The van der Waals surface area contributed by atoms with Crippen molar-refractivity contribution >= 4 is 16.6 Å². The molecule has 4 rings (SSSR count). The van der Waals surface area contributed by atoms with Gasteiger partial charge in [0.2, 0.25) is 0 Å². The number of piperidine rings is 1. The van der Waals surface area contributed by atoms with Crippen LogP contribution in [0.3, 0.4) is 0 Å². The molecule has 2 heterocycles. The van der Waals surface area contributed by atoms with Crippen LogP contribution in [-0.4, -0.2) is 47.6 Å². The second-order valence-electron chi connectivity index (χ2n) is 9.22. The van der Waals surface area contributed by atoms with Crippen molar-refractivity contribution in [1.29, 1.82) is 5.26 Å². The molecule has 0 atom stereocenters. The number of nitriles is 1. The molecule has 0 aliphatic carbocycles. The summed E-state index contributed by atoms with van der Waals surface area (Å²) >= 11 is 0. The van der Waals surface area contributed by atoms with Gasteiger partial charge in [0.15, 0.2) is 0 Å². The SMILES string of the molecule is COc1ccc2ncc(C#N)c(CCN3CCC(NCc4cc(C)cc([N+](=O)[O-])c4C)CC3)c2c1. The Labute approximate surface area is 205 Å². The average Bonchev–Trinajstić information content (AvgIpc) is 2.87. The monoisotopic (exact) mass is 473 g/mol. The van der Waals surface area contributed by atoms with Crippen molar-refractivity contribution in [2.45, 2.75) is 45.7 Å². The van der Waals surface area contributed by atoms with Gasteiger partial charge in [0, 0.05) is 42.3 Å². The first-order valence-electron chi connectivity index (χ1n) is 12.0. The molecule has 3 aromatic rings. The maximum absolute atomic E-state index is 11.3. The van der Waals surface area contributed by atoms with E-state index in [1.165, 1.54) is 0 Å². The quantitative estimate of drug-likeness (QED) is 0.381. The first-order chi connectivity index (χ1) is 16.9. The lowest BCUT2D eigenvalue weighted by molar-refractivity contribution is -0.385. The fourth-order valence-corrected chi connectivity index (χ4v) is 4.89. The van der Waals surface area contributed by atoms with Crippen LogP contribution in [-0.2, 0) is 13.0 Å². The summed E-state index contributed by atoms with van der Waals surface area (Å²) in [7, 11) is 1.64. The molecule has 0 unspecified atom stereocenters. The summed E-state index contributed by atoms with van der Waals surface area (Å²) < 4.78 is 5.38. The molecule has 0 radical (unpaired) electrons. The summed E-state index contributed by atoms with van der Waals surface area (Å²) in [6, 6.07) is 12.1. The Morgan fingerprint density at radius 2 is 2.03 bits per heavy atom. The number of rotatable bonds is 8. The van der Waals surface area contributed by atoms with Crippen LogP contribution in [0.2, 0.25) is 0 Å². The average molecular weight is 474 g/mol. The van der Waals surface area contributed by atoms with Crippen molar-refractivity contribution in [2.75, 3.05) is 26.7 Å². The van der Waals surface area contributed by atoms with E-state index < -0.39 is 0 Å². The molecule has 0 bridgehead atoms. The summed E-state index contributed by atoms with van der Waals surface area (Å²) in [5.74, 6) is 0.761. The molecule has 1 aliphatic heterocycles. The van der Waals surface area contributed by atoms with Crippen LogP contribution in [0.15, 0.2) is 36.5 Å². The molecule has 35 heavy (non-hydrogen) atoms. The van der Waals surface area contributed by atoms with E-state index in [-0.39, 0.29) is 10.6 Å². The van der Waals surface area contributed by atoms with Crippen LogP contribution >= 0.6 is 0 Å². The highest BCUT2D eigenvalue weighted by Gasteiger charge is 2.21. The molecule has 0 spiro atoms. The van der Waals surface area contributed by atoms with Gasteiger partial charge in [-0.15, -0.1) is 0 Å². The summed E-state index contributed by atoms with van der Waals surface area (Å²) in [5, 5.41) is 25.5. The maximum Gasteiger partial charge on any atom is 0.272 e. The lowest BCUT2D eigenvalue weighted by Crippen LogP contribution is -2.43. The summed E-state index contributed by atoms with van der Waals surface area (Å²) in [5.41, 5.74) is 5.33. The Morgan fingerprint density at radius 3 is 2.71 bits per heavy atom. The molecular weight excluding hydrogens is 442 g/mol. The Kier molecular flexibility index (Phi) is 7.59. The number of nitro groups is 1. The van der Waals surface area contributed by atoms with E-state index in [1.54, 1.807) is 19.4 Å². The fraction of sp³-hybridized carbons (Fsp3) is 0.407. The van der Waals surface area contributed by atoms with E-state index in [0.29, 0.717) is 18.2 Å². The molecule has 8 nitrogen and oxygen atoms in total. The van der Waals surface area contributed by atoms with E-state index in [1.807, 2.05) is 38.1 Å². The van der Waals surface area contributed by atoms with Gasteiger partial charge < -0.3 is 15.0 Å². The van der Waals surface area contributed by atoms with Crippen molar-refractivity contribution < 1.29 is 9.66 Å². The summed E-state index contributed by atoms with van der Waals surface area (Å²) in [6.07, 6.45) is 4.48. The first-order valence-corrected chi connectivity index (χ1v) is 12.0. The number of nitrogens with one attached hydrogen (secondary N) is 1. The van der Waals surface area contributed by atoms with Crippen molar-refractivity contribution in [3.8, 4) is 11.8 Å². The third kappa shape index (κ3) is 5.59. The number of benzene rings is 2. The lowest BCUT2D eigenvalue weighted by Gasteiger charge is -2.32. The number of methoxy groups -OCH3 is 1. The van der Waals surface area contributed by atoms with E-state index in [4.69, 9.17) is 4.74 Å². The zero-order chi connectivity index (χ0) is 24.9. The van der Waals surface area contributed by atoms with Crippen LogP contribution in [0, 0.1) is 35.3 Å². The smallest absolute Gasteiger partial charge is 0.272 e. The minimum atomic E-state index is -0.301. The fourth-order valence-electron chi connectivity index (χ4n) is 4.89. The van der Waals surface area contributed by atoms with Crippen LogP contribution in [0.5, 0.6) is 5.75 Å². The second kappa shape index (κ2) is 10.8. The van der Waals surface area contributed by atoms with Gasteiger partial charge in [-0.1, -0.05) is 6.07 Å². The Bertz CT molecular complexity index is 1280. The summed E-state index contributed by atoms with van der Waals surface area (Å²) in [4.78, 5) is 17.9. The van der Waals surface area contributed by atoms with Crippen molar-refractivity contribution in [1.82, 2.24) is 15.2 Å². The van der Waals surface area contributed by atoms with Gasteiger partial charge in [0.25, 0.3) is 5.69 Å².